The molecule has 2 aromatic rings. The van der Waals surface area contributed by atoms with E-state index in [1.54, 1.807) is 24.5 Å². The Balaban J connectivity index is 1.83. The van der Waals surface area contributed by atoms with Crippen LogP contribution in [0.5, 0.6) is 5.75 Å². The zero-order chi connectivity index (χ0) is 19.0. The van der Waals surface area contributed by atoms with Crippen LogP contribution in [0.2, 0.25) is 0 Å². The number of aromatic nitrogens is 1. The molecule has 140 valence electrons. The maximum atomic E-state index is 12.2. The number of carbonyl (C=O) groups excluding carboxylic acids is 1. The molecule has 1 atom stereocenters. The summed E-state index contributed by atoms with van der Waals surface area (Å²) >= 11 is 0. The fraction of sp³-hybridized carbons (Fsp3) is 0.333. The maximum Gasteiger partial charge on any atom is 0.240 e. The van der Waals surface area contributed by atoms with Crippen molar-refractivity contribution in [1.29, 1.82) is 0 Å². The van der Waals surface area contributed by atoms with Gasteiger partial charge in [0.2, 0.25) is 15.9 Å². The average Bonchev–Trinajstić information content (AvgIpc) is 2.63. The van der Waals surface area contributed by atoms with Crippen LogP contribution in [-0.4, -0.2) is 32.5 Å². The second kappa shape index (κ2) is 9.30. The van der Waals surface area contributed by atoms with Gasteiger partial charge in [-0.2, -0.15) is 0 Å². The molecule has 26 heavy (non-hydrogen) atoms. The number of sulfonamides is 1. The molecule has 0 saturated carbocycles. The van der Waals surface area contributed by atoms with Gasteiger partial charge in [0.25, 0.3) is 0 Å². The van der Waals surface area contributed by atoms with Crippen molar-refractivity contribution in [2.45, 2.75) is 31.2 Å². The fourth-order valence-corrected chi connectivity index (χ4v) is 3.34. The Bertz CT molecular complexity index is 808. The molecule has 2 N–H and O–H groups in total. The quantitative estimate of drug-likeness (QED) is 0.697. The van der Waals surface area contributed by atoms with E-state index in [4.69, 9.17) is 4.74 Å². The maximum absolute atomic E-state index is 12.2. The molecule has 1 amide bonds. The molecule has 0 spiro atoms. The first-order valence-corrected chi connectivity index (χ1v) is 9.82. The van der Waals surface area contributed by atoms with E-state index in [0.29, 0.717) is 12.4 Å². The Morgan fingerprint density at radius 2 is 1.81 bits per heavy atom. The van der Waals surface area contributed by atoms with Gasteiger partial charge in [-0.1, -0.05) is 0 Å². The first-order chi connectivity index (χ1) is 12.4. The van der Waals surface area contributed by atoms with Crippen LogP contribution in [0.1, 0.15) is 31.9 Å². The highest BCUT2D eigenvalue weighted by Crippen LogP contribution is 2.16. The van der Waals surface area contributed by atoms with Crippen molar-refractivity contribution in [1.82, 2.24) is 15.0 Å². The molecule has 7 nitrogen and oxygen atoms in total. The van der Waals surface area contributed by atoms with Crippen molar-refractivity contribution in [3.63, 3.8) is 0 Å². The topological polar surface area (TPSA) is 97.4 Å². The zero-order valence-electron chi connectivity index (χ0n) is 14.8. The molecule has 2 rings (SSSR count). The Morgan fingerprint density at radius 3 is 2.42 bits per heavy atom. The monoisotopic (exact) mass is 377 g/mol. The number of amides is 1. The third kappa shape index (κ3) is 5.82. The SMILES string of the molecule is CCOc1ccc(S(=O)(=O)NCCC(=O)NC(C)c2ccncc2)cc1. The molecule has 0 fully saturated rings. The minimum Gasteiger partial charge on any atom is -0.494 e. The van der Waals surface area contributed by atoms with Crippen LogP contribution >= 0.6 is 0 Å². The van der Waals surface area contributed by atoms with Crippen molar-refractivity contribution in [3.8, 4) is 5.75 Å². The van der Waals surface area contributed by atoms with Crippen molar-refractivity contribution in [3.05, 3.63) is 54.4 Å². The highest BCUT2D eigenvalue weighted by molar-refractivity contribution is 7.89. The average molecular weight is 377 g/mol. The highest BCUT2D eigenvalue weighted by atomic mass is 32.2. The lowest BCUT2D eigenvalue weighted by molar-refractivity contribution is -0.121. The first kappa shape index (κ1) is 19.9. The number of nitrogens with one attached hydrogen (secondary N) is 2. The van der Waals surface area contributed by atoms with Gasteiger partial charge in [-0.25, -0.2) is 13.1 Å². The van der Waals surface area contributed by atoms with Crippen LogP contribution in [0.4, 0.5) is 0 Å². The van der Waals surface area contributed by atoms with Crippen LogP contribution < -0.4 is 14.8 Å². The molecule has 0 bridgehead atoms. The number of pyridine rings is 1. The number of ether oxygens (including phenoxy) is 1. The van der Waals surface area contributed by atoms with Crippen molar-refractivity contribution < 1.29 is 17.9 Å². The van der Waals surface area contributed by atoms with Gasteiger partial charge >= 0.3 is 0 Å². The second-order valence-corrected chi connectivity index (χ2v) is 7.39. The van der Waals surface area contributed by atoms with Gasteiger partial charge in [-0.05, 0) is 55.8 Å². The number of nitrogens with zero attached hydrogens (tertiary/aromatic N) is 1. The molecule has 0 aliphatic heterocycles. The van der Waals surface area contributed by atoms with E-state index in [2.05, 4.69) is 15.0 Å². The lowest BCUT2D eigenvalue weighted by Crippen LogP contribution is -2.32. The van der Waals surface area contributed by atoms with E-state index in [9.17, 15) is 13.2 Å². The minimum atomic E-state index is -3.66. The van der Waals surface area contributed by atoms with Gasteiger partial charge < -0.3 is 10.1 Å². The lowest BCUT2D eigenvalue weighted by atomic mass is 10.1. The summed E-state index contributed by atoms with van der Waals surface area (Å²) in [6, 6.07) is 9.60. The van der Waals surface area contributed by atoms with E-state index in [0.717, 1.165) is 5.56 Å². The summed E-state index contributed by atoms with van der Waals surface area (Å²) < 4.78 is 32.2. The van der Waals surface area contributed by atoms with Crippen molar-refractivity contribution in [2.24, 2.45) is 0 Å². The van der Waals surface area contributed by atoms with E-state index in [1.807, 2.05) is 26.0 Å². The predicted octanol–water partition coefficient (Wildman–Crippen LogP) is 2.03. The lowest BCUT2D eigenvalue weighted by Gasteiger charge is -2.14. The van der Waals surface area contributed by atoms with Crippen molar-refractivity contribution >= 4 is 15.9 Å². The third-order valence-corrected chi connectivity index (χ3v) is 5.15. The van der Waals surface area contributed by atoms with Crippen LogP contribution in [0.25, 0.3) is 0 Å². The molecule has 1 aromatic heterocycles. The Labute approximate surface area is 153 Å². The molecule has 1 aromatic carbocycles. The molecular weight excluding hydrogens is 354 g/mol. The first-order valence-electron chi connectivity index (χ1n) is 8.34. The second-order valence-electron chi connectivity index (χ2n) is 5.62. The third-order valence-electron chi connectivity index (χ3n) is 3.67. The minimum absolute atomic E-state index is 0.0183. The van der Waals surface area contributed by atoms with Gasteiger partial charge in [-0.15, -0.1) is 0 Å². The number of benzene rings is 1. The predicted molar refractivity (Wildman–Crippen MR) is 98.2 cm³/mol. The summed E-state index contributed by atoms with van der Waals surface area (Å²) in [4.78, 5) is 16.0. The number of rotatable bonds is 9. The number of hydrogen-bond acceptors (Lipinski definition) is 5. The summed E-state index contributed by atoms with van der Waals surface area (Å²) in [5.74, 6) is 0.375. The molecule has 0 radical (unpaired) electrons. The van der Waals surface area contributed by atoms with E-state index in [1.165, 1.54) is 12.1 Å². The van der Waals surface area contributed by atoms with Gasteiger partial charge in [0.1, 0.15) is 5.75 Å². The van der Waals surface area contributed by atoms with Gasteiger partial charge in [0.05, 0.1) is 17.5 Å². The van der Waals surface area contributed by atoms with Crippen molar-refractivity contribution in [2.75, 3.05) is 13.2 Å². The normalized spacial score (nSPS) is 12.4. The molecular formula is C18H23N3O4S. The van der Waals surface area contributed by atoms with Gasteiger partial charge in [0, 0.05) is 25.4 Å². The summed E-state index contributed by atoms with van der Waals surface area (Å²) in [6.07, 6.45) is 3.36. The zero-order valence-corrected chi connectivity index (χ0v) is 15.6. The summed E-state index contributed by atoms with van der Waals surface area (Å²) in [7, 11) is -3.66. The van der Waals surface area contributed by atoms with E-state index in [-0.39, 0.29) is 29.8 Å². The number of hydrogen-bond donors (Lipinski definition) is 2. The molecule has 8 heteroatoms. The molecule has 0 aliphatic carbocycles. The Hall–Kier alpha value is -2.45. The highest BCUT2D eigenvalue weighted by Gasteiger charge is 2.15. The van der Waals surface area contributed by atoms with Crippen LogP contribution in [0.15, 0.2) is 53.7 Å². The van der Waals surface area contributed by atoms with Gasteiger partial charge in [-0.3, -0.25) is 9.78 Å². The molecule has 0 saturated heterocycles. The van der Waals surface area contributed by atoms with E-state index >= 15 is 0 Å². The van der Waals surface area contributed by atoms with Crippen LogP contribution in [0.3, 0.4) is 0 Å². The van der Waals surface area contributed by atoms with Gasteiger partial charge in [0.15, 0.2) is 0 Å². The molecule has 0 aliphatic rings. The molecule has 1 unspecified atom stereocenters. The number of carbonyl (C=O) groups is 1. The Morgan fingerprint density at radius 1 is 1.15 bits per heavy atom. The standard InChI is InChI=1S/C18H23N3O4S/c1-3-25-16-4-6-17(7-5-16)26(23,24)20-13-10-18(22)21-14(2)15-8-11-19-12-9-15/h4-9,11-12,14,20H,3,10,13H2,1-2H3,(H,21,22). The smallest absolute Gasteiger partial charge is 0.240 e. The van der Waals surface area contributed by atoms with Crippen LogP contribution in [0, 0.1) is 0 Å². The summed E-state index contributed by atoms with van der Waals surface area (Å²) in [6.45, 7) is 4.24. The van der Waals surface area contributed by atoms with Crippen LogP contribution in [-0.2, 0) is 14.8 Å². The van der Waals surface area contributed by atoms with E-state index < -0.39 is 10.0 Å². The summed E-state index contributed by atoms with van der Waals surface area (Å²) in [5.41, 5.74) is 0.934. The molecule has 1 heterocycles. The largest absolute Gasteiger partial charge is 0.494 e. The summed E-state index contributed by atoms with van der Waals surface area (Å²) in [5, 5.41) is 2.83. The fourth-order valence-electron chi connectivity index (χ4n) is 2.31. The Kier molecular flexibility index (Phi) is 7.11.